The summed E-state index contributed by atoms with van der Waals surface area (Å²) in [6, 6.07) is 21.2. The van der Waals surface area contributed by atoms with Crippen LogP contribution >= 0.6 is 23.2 Å². The van der Waals surface area contributed by atoms with Gasteiger partial charge in [-0.15, -0.1) is 0 Å². The van der Waals surface area contributed by atoms with Gasteiger partial charge in [0.25, 0.3) is 0 Å². The number of halogens is 2. The molecular weight excluding hydrogens is 353 g/mol. The molecule has 2 nitrogen and oxygen atoms in total. The Morgan fingerprint density at radius 1 is 0.920 bits per heavy atom. The number of nitrogens with zero attached hydrogens (tertiary/aromatic N) is 1. The molecule has 0 aliphatic heterocycles. The number of hydrogen-bond donors (Lipinski definition) is 0. The standard InChI is InChI=1S/C21H17Cl2NO/c1-15-6-9-18(12-21(15)23)24-13-16-7-10-19(11-8-16)25-14-17-4-2-3-5-20(17)22/h2-13H,14H2,1H3. The number of rotatable bonds is 5. The predicted molar refractivity (Wildman–Crippen MR) is 106 cm³/mol. The molecule has 0 saturated carbocycles. The van der Waals surface area contributed by atoms with Crippen molar-refractivity contribution in [2.24, 2.45) is 4.99 Å². The molecule has 0 spiro atoms. The number of hydrogen-bond acceptors (Lipinski definition) is 2. The van der Waals surface area contributed by atoms with Gasteiger partial charge >= 0.3 is 0 Å². The molecule has 126 valence electrons. The maximum Gasteiger partial charge on any atom is 0.119 e. The summed E-state index contributed by atoms with van der Waals surface area (Å²) in [6.45, 7) is 2.41. The maximum atomic E-state index is 6.13. The second-order valence-corrected chi connectivity index (χ2v) is 6.46. The van der Waals surface area contributed by atoms with Crippen LogP contribution in [0.15, 0.2) is 71.7 Å². The number of benzene rings is 3. The molecule has 0 saturated heterocycles. The highest BCUT2D eigenvalue weighted by molar-refractivity contribution is 6.31. The second-order valence-electron chi connectivity index (χ2n) is 5.64. The Hall–Kier alpha value is -2.29. The molecule has 0 aromatic heterocycles. The van der Waals surface area contributed by atoms with Gasteiger partial charge in [0.05, 0.1) is 5.69 Å². The third kappa shape index (κ3) is 4.85. The van der Waals surface area contributed by atoms with Crippen molar-refractivity contribution in [2.45, 2.75) is 13.5 Å². The monoisotopic (exact) mass is 369 g/mol. The molecule has 3 aromatic carbocycles. The van der Waals surface area contributed by atoms with Gasteiger partial charge in [0.15, 0.2) is 0 Å². The SMILES string of the molecule is Cc1ccc(N=Cc2ccc(OCc3ccccc3Cl)cc2)cc1Cl. The van der Waals surface area contributed by atoms with Crippen LogP contribution in [-0.4, -0.2) is 6.21 Å². The van der Waals surface area contributed by atoms with Gasteiger partial charge in [0, 0.05) is 21.8 Å². The van der Waals surface area contributed by atoms with Crippen LogP contribution in [0.4, 0.5) is 5.69 Å². The molecule has 0 atom stereocenters. The highest BCUT2D eigenvalue weighted by Gasteiger charge is 2.01. The molecule has 3 rings (SSSR count). The first kappa shape index (κ1) is 17.5. The zero-order chi connectivity index (χ0) is 17.6. The van der Waals surface area contributed by atoms with Crippen molar-refractivity contribution in [1.82, 2.24) is 0 Å². The van der Waals surface area contributed by atoms with E-state index in [4.69, 9.17) is 27.9 Å². The van der Waals surface area contributed by atoms with Crippen LogP contribution in [0.5, 0.6) is 5.75 Å². The predicted octanol–water partition coefficient (Wildman–Crippen LogP) is 6.63. The van der Waals surface area contributed by atoms with E-state index in [0.717, 1.165) is 33.1 Å². The van der Waals surface area contributed by atoms with E-state index in [-0.39, 0.29) is 0 Å². The van der Waals surface area contributed by atoms with Crippen LogP contribution in [0.25, 0.3) is 0 Å². The van der Waals surface area contributed by atoms with Crippen molar-refractivity contribution >= 4 is 35.1 Å². The van der Waals surface area contributed by atoms with Crippen LogP contribution in [0.1, 0.15) is 16.7 Å². The summed E-state index contributed by atoms with van der Waals surface area (Å²) < 4.78 is 5.77. The minimum absolute atomic E-state index is 0.439. The molecule has 0 amide bonds. The fourth-order valence-electron chi connectivity index (χ4n) is 2.24. The molecule has 25 heavy (non-hydrogen) atoms. The molecule has 0 bridgehead atoms. The smallest absolute Gasteiger partial charge is 0.119 e. The van der Waals surface area contributed by atoms with E-state index in [2.05, 4.69) is 4.99 Å². The average Bonchev–Trinajstić information content (AvgIpc) is 2.63. The van der Waals surface area contributed by atoms with E-state index in [9.17, 15) is 0 Å². The van der Waals surface area contributed by atoms with Gasteiger partial charge in [-0.2, -0.15) is 0 Å². The Balaban J connectivity index is 1.63. The van der Waals surface area contributed by atoms with Gasteiger partial charge in [0.1, 0.15) is 12.4 Å². The summed E-state index contributed by atoms with van der Waals surface area (Å²) >= 11 is 12.2. The van der Waals surface area contributed by atoms with E-state index in [1.165, 1.54) is 0 Å². The number of aryl methyl sites for hydroxylation is 1. The first-order valence-electron chi connectivity index (χ1n) is 7.88. The molecule has 0 N–H and O–H groups in total. The molecule has 0 unspecified atom stereocenters. The van der Waals surface area contributed by atoms with Gasteiger partial charge in [-0.3, -0.25) is 4.99 Å². The van der Waals surface area contributed by atoms with Gasteiger partial charge in [0.2, 0.25) is 0 Å². The lowest BCUT2D eigenvalue weighted by Gasteiger charge is -2.07. The fraction of sp³-hybridized carbons (Fsp3) is 0.0952. The summed E-state index contributed by atoms with van der Waals surface area (Å²) in [7, 11) is 0. The Labute approximate surface area is 157 Å². The first-order chi connectivity index (χ1) is 12.1. The number of ether oxygens (including phenoxy) is 1. The normalized spacial score (nSPS) is 11.0. The van der Waals surface area contributed by atoms with Crippen molar-refractivity contribution in [3.8, 4) is 5.75 Å². The molecule has 0 radical (unpaired) electrons. The van der Waals surface area contributed by atoms with Crippen molar-refractivity contribution < 1.29 is 4.74 Å². The second kappa shape index (κ2) is 8.19. The van der Waals surface area contributed by atoms with Gasteiger partial charge in [-0.1, -0.05) is 47.5 Å². The number of aliphatic imine (C=N–C) groups is 1. The molecule has 4 heteroatoms. The van der Waals surface area contributed by atoms with Crippen LogP contribution in [0, 0.1) is 6.92 Å². The van der Waals surface area contributed by atoms with E-state index in [1.54, 1.807) is 6.21 Å². The molecule has 3 aromatic rings. The average molecular weight is 370 g/mol. The minimum Gasteiger partial charge on any atom is -0.489 e. The summed E-state index contributed by atoms with van der Waals surface area (Å²) in [6.07, 6.45) is 1.80. The maximum absolute atomic E-state index is 6.13. The van der Waals surface area contributed by atoms with Gasteiger partial charge in [-0.25, -0.2) is 0 Å². The third-order valence-corrected chi connectivity index (χ3v) is 4.53. The van der Waals surface area contributed by atoms with Crippen LogP contribution < -0.4 is 4.74 Å². The lowest BCUT2D eigenvalue weighted by Crippen LogP contribution is -1.96. The minimum atomic E-state index is 0.439. The van der Waals surface area contributed by atoms with Gasteiger partial charge in [-0.05, 0) is 60.5 Å². The van der Waals surface area contributed by atoms with Crippen molar-refractivity contribution in [1.29, 1.82) is 0 Å². The van der Waals surface area contributed by atoms with Crippen LogP contribution in [-0.2, 0) is 6.61 Å². The Morgan fingerprint density at radius 2 is 1.68 bits per heavy atom. The molecule has 0 aliphatic rings. The molecule has 0 heterocycles. The van der Waals surface area contributed by atoms with Crippen LogP contribution in [0.3, 0.4) is 0 Å². The van der Waals surface area contributed by atoms with Crippen LogP contribution in [0.2, 0.25) is 10.0 Å². The topological polar surface area (TPSA) is 21.6 Å². The lowest BCUT2D eigenvalue weighted by molar-refractivity contribution is 0.306. The fourth-order valence-corrected chi connectivity index (χ4v) is 2.60. The lowest BCUT2D eigenvalue weighted by atomic mass is 10.2. The third-order valence-electron chi connectivity index (χ3n) is 3.75. The van der Waals surface area contributed by atoms with Crippen molar-refractivity contribution in [3.63, 3.8) is 0 Å². The van der Waals surface area contributed by atoms with E-state index < -0.39 is 0 Å². The molecular formula is C21H17Cl2NO. The van der Waals surface area contributed by atoms with E-state index >= 15 is 0 Å². The Kier molecular flexibility index (Phi) is 5.75. The van der Waals surface area contributed by atoms with Crippen molar-refractivity contribution in [2.75, 3.05) is 0 Å². The molecule has 0 fully saturated rings. The van der Waals surface area contributed by atoms with E-state index in [0.29, 0.717) is 11.6 Å². The largest absolute Gasteiger partial charge is 0.489 e. The zero-order valence-corrected chi connectivity index (χ0v) is 15.3. The zero-order valence-electron chi connectivity index (χ0n) is 13.7. The summed E-state index contributed by atoms with van der Waals surface area (Å²) in [5, 5.41) is 1.43. The summed E-state index contributed by atoms with van der Waals surface area (Å²) in [5.41, 5.74) is 3.82. The Bertz CT molecular complexity index is 889. The van der Waals surface area contributed by atoms with Crippen molar-refractivity contribution in [3.05, 3.63) is 93.5 Å². The van der Waals surface area contributed by atoms with E-state index in [1.807, 2.05) is 73.7 Å². The first-order valence-corrected chi connectivity index (χ1v) is 8.64. The Morgan fingerprint density at radius 3 is 2.40 bits per heavy atom. The quantitative estimate of drug-likeness (QED) is 0.462. The highest BCUT2D eigenvalue weighted by atomic mass is 35.5. The summed E-state index contributed by atoms with van der Waals surface area (Å²) in [4.78, 5) is 4.45. The van der Waals surface area contributed by atoms with Gasteiger partial charge < -0.3 is 4.74 Å². The highest BCUT2D eigenvalue weighted by Crippen LogP contribution is 2.22. The molecule has 0 aliphatic carbocycles. The summed E-state index contributed by atoms with van der Waals surface area (Å²) in [5.74, 6) is 0.787.